The minimum Gasteiger partial charge on any atom is -0.489 e. The molecule has 2 aromatic carbocycles. The van der Waals surface area contributed by atoms with E-state index in [2.05, 4.69) is 5.32 Å². The standard InChI is InChI=1S/C17H21NO3/c1-18-15-9-7-13(8-10-15)12-21-16-6-4-5-14(11-16)17(19-2)20-3/h4-11,17-18H,12H2,1-3H3. The van der Waals surface area contributed by atoms with Gasteiger partial charge in [-0.3, -0.25) is 0 Å². The van der Waals surface area contributed by atoms with Gasteiger partial charge in [-0.25, -0.2) is 0 Å². The van der Waals surface area contributed by atoms with Crippen molar-refractivity contribution in [3.63, 3.8) is 0 Å². The molecule has 4 heteroatoms. The quantitative estimate of drug-likeness (QED) is 0.790. The lowest BCUT2D eigenvalue weighted by molar-refractivity contribution is -0.106. The zero-order valence-corrected chi connectivity index (χ0v) is 12.6. The molecular weight excluding hydrogens is 266 g/mol. The van der Waals surface area contributed by atoms with Gasteiger partial charge in [-0.2, -0.15) is 0 Å². The second-order valence-corrected chi connectivity index (χ2v) is 4.61. The van der Waals surface area contributed by atoms with Gasteiger partial charge in [0.05, 0.1) is 0 Å². The smallest absolute Gasteiger partial charge is 0.183 e. The number of ether oxygens (including phenoxy) is 3. The lowest BCUT2D eigenvalue weighted by Gasteiger charge is -2.15. The molecule has 0 heterocycles. The second kappa shape index (κ2) is 7.67. The van der Waals surface area contributed by atoms with Gasteiger partial charge in [0.25, 0.3) is 0 Å². The first-order valence-electron chi connectivity index (χ1n) is 6.82. The molecule has 0 unspecified atom stereocenters. The van der Waals surface area contributed by atoms with Crippen molar-refractivity contribution in [1.82, 2.24) is 0 Å². The normalized spacial score (nSPS) is 10.7. The molecule has 0 saturated heterocycles. The van der Waals surface area contributed by atoms with Gasteiger partial charge in [-0.05, 0) is 29.8 Å². The van der Waals surface area contributed by atoms with Gasteiger partial charge < -0.3 is 19.5 Å². The van der Waals surface area contributed by atoms with E-state index in [1.165, 1.54) is 0 Å². The number of rotatable bonds is 7. The van der Waals surface area contributed by atoms with E-state index >= 15 is 0 Å². The molecule has 0 spiro atoms. The van der Waals surface area contributed by atoms with Gasteiger partial charge in [-0.15, -0.1) is 0 Å². The monoisotopic (exact) mass is 287 g/mol. The Labute approximate surface area is 125 Å². The molecule has 2 rings (SSSR count). The number of nitrogens with one attached hydrogen (secondary N) is 1. The van der Waals surface area contributed by atoms with Gasteiger partial charge in [-0.1, -0.05) is 24.3 Å². The predicted molar refractivity (Wildman–Crippen MR) is 83.5 cm³/mol. The van der Waals surface area contributed by atoms with E-state index in [9.17, 15) is 0 Å². The highest BCUT2D eigenvalue weighted by Gasteiger charge is 2.09. The Bertz CT molecular complexity index is 550. The summed E-state index contributed by atoms with van der Waals surface area (Å²) in [5.41, 5.74) is 3.14. The Kier molecular flexibility index (Phi) is 5.60. The fourth-order valence-electron chi connectivity index (χ4n) is 2.05. The first-order chi connectivity index (χ1) is 10.3. The van der Waals surface area contributed by atoms with Gasteiger partial charge in [0.2, 0.25) is 0 Å². The molecule has 0 aliphatic rings. The average Bonchev–Trinajstić information content (AvgIpc) is 2.55. The van der Waals surface area contributed by atoms with E-state index in [1.807, 2.05) is 55.6 Å². The van der Waals surface area contributed by atoms with Crippen molar-refractivity contribution in [1.29, 1.82) is 0 Å². The molecule has 112 valence electrons. The zero-order chi connectivity index (χ0) is 15.1. The van der Waals surface area contributed by atoms with E-state index in [0.717, 1.165) is 22.6 Å². The van der Waals surface area contributed by atoms with Crippen molar-refractivity contribution in [3.8, 4) is 5.75 Å². The summed E-state index contributed by atoms with van der Waals surface area (Å²) in [6.07, 6.45) is -0.372. The maximum atomic E-state index is 5.81. The number of hydrogen-bond acceptors (Lipinski definition) is 4. The molecule has 0 aliphatic heterocycles. The minimum absolute atomic E-state index is 0.372. The molecule has 0 bridgehead atoms. The first kappa shape index (κ1) is 15.4. The fourth-order valence-corrected chi connectivity index (χ4v) is 2.05. The van der Waals surface area contributed by atoms with Crippen molar-refractivity contribution >= 4 is 5.69 Å². The Hall–Kier alpha value is -2.04. The third-order valence-corrected chi connectivity index (χ3v) is 3.21. The van der Waals surface area contributed by atoms with Crippen LogP contribution < -0.4 is 10.1 Å². The molecule has 0 atom stereocenters. The molecule has 0 aliphatic carbocycles. The Morgan fingerprint density at radius 3 is 2.33 bits per heavy atom. The van der Waals surface area contributed by atoms with Crippen LogP contribution in [0.3, 0.4) is 0 Å². The summed E-state index contributed by atoms with van der Waals surface area (Å²) in [6, 6.07) is 15.9. The van der Waals surface area contributed by atoms with Crippen LogP contribution >= 0.6 is 0 Å². The van der Waals surface area contributed by atoms with Crippen molar-refractivity contribution in [2.24, 2.45) is 0 Å². The SMILES string of the molecule is CNc1ccc(COc2cccc(C(OC)OC)c2)cc1. The van der Waals surface area contributed by atoms with E-state index < -0.39 is 0 Å². The molecule has 0 amide bonds. The lowest BCUT2D eigenvalue weighted by atomic mass is 10.2. The van der Waals surface area contributed by atoms with Crippen LogP contribution in [-0.2, 0) is 16.1 Å². The van der Waals surface area contributed by atoms with E-state index in [1.54, 1.807) is 14.2 Å². The van der Waals surface area contributed by atoms with Gasteiger partial charge in [0, 0.05) is 32.5 Å². The van der Waals surface area contributed by atoms with Crippen molar-refractivity contribution < 1.29 is 14.2 Å². The van der Waals surface area contributed by atoms with Gasteiger partial charge in [0.15, 0.2) is 6.29 Å². The Morgan fingerprint density at radius 1 is 1.00 bits per heavy atom. The fraction of sp³-hybridized carbons (Fsp3) is 0.294. The Balaban J connectivity index is 2.00. The number of benzene rings is 2. The van der Waals surface area contributed by atoms with E-state index in [0.29, 0.717) is 6.61 Å². The second-order valence-electron chi connectivity index (χ2n) is 4.61. The van der Waals surface area contributed by atoms with Crippen LogP contribution in [0.2, 0.25) is 0 Å². The average molecular weight is 287 g/mol. The summed E-state index contributed by atoms with van der Waals surface area (Å²) in [5, 5.41) is 3.09. The highest BCUT2D eigenvalue weighted by atomic mass is 16.7. The number of anilines is 1. The number of methoxy groups -OCH3 is 2. The van der Waals surface area contributed by atoms with E-state index in [-0.39, 0.29) is 6.29 Å². The van der Waals surface area contributed by atoms with Crippen molar-refractivity contribution in [3.05, 3.63) is 59.7 Å². The molecule has 0 radical (unpaired) electrons. The van der Waals surface area contributed by atoms with Crippen LogP contribution in [0.5, 0.6) is 5.75 Å². The van der Waals surface area contributed by atoms with Crippen LogP contribution in [0.25, 0.3) is 0 Å². The minimum atomic E-state index is -0.372. The summed E-state index contributed by atoms with van der Waals surface area (Å²) in [6.45, 7) is 0.526. The summed E-state index contributed by atoms with van der Waals surface area (Å²) < 4.78 is 16.3. The van der Waals surface area contributed by atoms with Crippen LogP contribution in [0.1, 0.15) is 17.4 Å². The lowest BCUT2D eigenvalue weighted by Crippen LogP contribution is -2.04. The van der Waals surface area contributed by atoms with Crippen molar-refractivity contribution in [2.75, 3.05) is 26.6 Å². The molecule has 0 aromatic heterocycles. The molecular formula is C17H21NO3. The summed E-state index contributed by atoms with van der Waals surface area (Å²) in [7, 11) is 5.13. The topological polar surface area (TPSA) is 39.7 Å². The number of hydrogen-bond donors (Lipinski definition) is 1. The molecule has 21 heavy (non-hydrogen) atoms. The maximum absolute atomic E-state index is 5.81. The molecule has 0 fully saturated rings. The zero-order valence-electron chi connectivity index (χ0n) is 12.6. The van der Waals surface area contributed by atoms with Crippen molar-refractivity contribution in [2.45, 2.75) is 12.9 Å². The Morgan fingerprint density at radius 2 is 1.71 bits per heavy atom. The third-order valence-electron chi connectivity index (χ3n) is 3.21. The molecule has 2 aromatic rings. The van der Waals surface area contributed by atoms with Crippen LogP contribution in [0, 0.1) is 0 Å². The summed E-state index contributed by atoms with van der Waals surface area (Å²) in [4.78, 5) is 0. The van der Waals surface area contributed by atoms with Gasteiger partial charge >= 0.3 is 0 Å². The highest BCUT2D eigenvalue weighted by molar-refractivity contribution is 5.43. The predicted octanol–water partition coefficient (Wildman–Crippen LogP) is 3.60. The maximum Gasteiger partial charge on any atom is 0.183 e. The summed E-state index contributed by atoms with van der Waals surface area (Å²) >= 11 is 0. The van der Waals surface area contributed by atoms with Crippen LogP contribution in [-0.4, -0.2) is 21.3 Å². The highest BCUT2D eigenvalue weighted by Crippen LogP contribution is 2.22. The first-order valence-corrected chi connectivity index (χ1v) is 6.82. The molecule has 4 nitrogen and oxygen atoms in total. The van der Waals surface area contributed by atoms with Gasteiger partial charge in [0.1, 0.15) is 12.4 Å². The van der Waals surface area contributed by atoms with Crippen LogP contribution in [0.15, 0.2) is 48.5 Å². The largest absolute Gasteiger partial charge is 0.489 e. The summed E-state index contributed by atoms with van der Waals surface area (Å²) in [5.74, 6) is 0.796. The molecule has 0 saturated carbocycles. The molecule has 1 N–H and O–H groups in total. The van der Waals surface area contributed by atoms with Crippen LogP contribution in [0.4, 0.5) is 5.69 Å². The van der Waals surface area contributed by atoms with E-state index in [4.69, 9.17) is 14.2 Å². The third kappa shape index (κ3) is 4.21.